The molecule has 27 heavy (non-hydrogen) atoms. The maximum atomic E-state index is 12.8. The minimum atomic E-state index is -0.0408. The van der Waals surface area contributed by atoms with Crippen molar-refractivity contribution in [3.8, 4) is 5.75 Å². The standard InChI is InChI=1S/C22H26ClNO3/c1-2-27-21-10-5-16(12-19(21)15-25)13-24-11-3-4-18(14-24)22(26)17-6-8-20(23)9-7-17/h5-10,12,18,25H,2-4,11,13-15H2,1H3. The fourth-order valence-corrected chi connectivity index (χ4v) is 3.80. The van der Waals surface area contributed by atoms with Crippen molar-refractivity contribution in [2.75, 3.05) is 19.7 Å². The van der Waals surface area contributed by atoms with E-state index >= 15 is 0 Å². The summed E-state index contributed by atoms with van der Waals surface area (Å²) in [6.07, 6.45) is 1.93. The van der Waals surface area contributed by atoms with Crippen molar-refractivity contribution in [1.82, 2.24) is 4.90 Å². The van der Waals surface area contributed by atoms with E-state index in [-0.39, 0.29) is 18.3 Å². The SMILES string of the molecule is CCOc1ccc(CN2CCCC(C(=O)c3ccc(Cl)cc3)C2)cc1CO. The first-order valence-electron chi connectivity index (χ1n) is 9.48. The molecule has 0 aliphatic carbocycles. The Labute approximate surface area is 165 Å². The van der Waals surface area contributed by atoms with E-state index in [0.29, 0.717) is 11.6 Å². The lowest BCUT2D eigenvalue weighted by Gasteiger charge is -2.32. The van der Waals surface area contributed by atoms with Gasteiger partial charge in [-0.2, -0.15) is 0 Å². The average Bonchev–Trinajstić information content (AvgIpc) is 2.69. The second-order valence-electron chi connectivity index (χ2n) is 6.98. The van der Waals surface area contributed by atoms with Crippen LogP contribution in [0.5, 0.6) is 5.75 Å². The van der Waals surface area contributed by atoms with Crippen LogP contribution in [-0.2, 0) is 13.2 Å². The van der Waals surface area contributed by atoms with E-state index in [0.717, 1.165) is 54.9 Å². The molecule has 0 radical (unpaired) electrons. The summed E-state index contributed by atoms with van der Waals surface area (Å²) in [4.78, 5) is 15.1. The molecule has 4 nitrogen and oxygen atoms in total. The molecule has 1 heterocycles. The maximum Gasteiger partial charge on any atom is 0.167 e. The Bertz CT molecular complexity index is 776. The number of likely N-dealkylation sites (tertiary alicyclic amines) is 1. The monoisotopic (exact) mass is 387 g/mol. The normalized spacial score (nSPS) is 17.7. The van der Waals surface area contributed by atoms with Crippen LogP contribution in [0.15, 0.2) is 42.5 Å². The van der Waals surface area contributed by atoms with Gasteiger partial charge in [0.1, 0.15) is 5.75 Å². The van der Waals surface area contributed by atoms with Gasteiger partial charge >= 0.3 is 0 Å². The summed E-state index contributed by atoms with van der Waals surface area (Å²) in [5.41, 5.74) is 2.66. The minimum Gasteiger partial charge on any atom is -0.494 e. The summed E-state index contributed by atoms with van der Waals surface area (Å²) >= 11 is 5.92. The molecule has 0 saturated carbocycles. The third-order valence-electron chi connectivity index (χ3n) is 5.01. The molecule has 1 saturated heterocycles. The number of piperidine rings is 1. The second kappa shape index (κ2) is 9.36. The van der Waals surface area contributed by atoms with Crippen LogP contribution >= 0.6 is 11.6 Å². The number of carbonyl (C=O) groups excluding carboxylic acids is 1. The highest BCUT2D eigenvalue weighted by molar-refractivity contribution is 6.30. The average molecular weight is 388 g/mol. The summed E-state index contributed by atoms with van der Waals surface area (Å²) in [5, 5.41) is 10.2. The van der Waals surface area contributed by atoms with Crippen molar-refractivity contribution in [3.63, 3.8) is 0 Å². The lowest BCUT2D eigenvalue weighted by molar-refractivity contribution is 0.0811. The molecule has 5 heteroatoms. The Morgan fingerprint density at radius 1 is 1.26 bits per heavy atom. The highest BCUT2D eigenvalue weighted by Crippen LogP contribution is 2.25. The van der Waals surface area contributed by atoms with Crippen LogP contribution in [0.4, 0.5) is 0 Å². The van der Waals surface area contributed by atoms with Gasteiger partial charge in [0.25, 0.3) is 0 Å². The molecular weight excluding hydrogens is 362 g/mol. The number of Topliss-reactive ketones (excluding diaryl/α,β-unsaturated/α-hetero) is 1. The van der Waals surface area contributed by atoms with Crippen molar-refractivity contribution >= 4 is 17.4 Å². The molecule has 0 aromatic heterocycles. The number of ether oxygens (including phenoxy) is 1. The Hall–Kier alpha value is -1.88. The minimum absolute atomic E-state index is 0.0138. The van der Waals surface area contributed by atoms with Gasteiger partial charge in [0.15, 0.2) is 5.78 Å². The molecule has 1 N–H and O–H groups in total. The van der Waals surface area contributed by atoms with Crippen LogP contribution in [0.3, 0.4) is 0 Å². The molecule has 144 valence electrons. The summed E-state index contributed by atoms with van der Waals surface area (Å²) in [6.45, 7) is 4.97. The first kappa shape index (κ1) is 19.9. The van der Waals surface area contributed by atoms with Crippen LogP contribution in [0.2, 0.25) is 5.02 Å². The number of hydrogen-bond acceptors (Lipinski definition) is 4. The van der Waals surface area contributed by atoms with Gasteiger partial charge in [0.2, 0.25) is 0 Å². The number of carbonyl (C=O) groups is 1. The predicted molar refractivity (Wildman–Crippen MR) is 107 cm³/mol. The van der Waals surface area contributed by atoms with E-state index in [9.17, 15) is 9.90 Å². The fraction of sp³-hybridized carbons (Fsp3) is 0.409. The smallest absolute Gasteiger partial charge is 0.167 e. The van der Waals surface area contributed by atoms with Gasteiger partial charge in [-0.25, -0.2) is 0 Å². The Morgan fingerprint density at radius 3 is 2.74 bits per heavy atom. The van der Waals surface area contributed by atoms with Gasteiger partial charge < -0.3 is 9.84 Å². The van der Waals surface area contributed by atoms with Crippen molar-refractivity contribution < 1.29 is 14.6 Å². The van der Waals surface area contributed by atoms with Crippen LogP contribution in [0.25, 0.3) is 0 Å². The molecule has 1 atom stereocenters. The lowest BCUT2D eigenvalue weighted by atomic mass is 9.90. The summed E-state index contributed by atoms with van der Waals surface area (Å²) in [5.74, 6) is 0.942. The molecule has 0 spiro atoms. The molecular formula is C22H26ClNO3. The van der Waals surface area contributed by atoms with E-state index in [1.165, 1.54) is 0 Å². The Balaban J connectivity index is 1.66. The summed E-state index contributed by atoms with van der Waals surface area (Å²) in [7, 11) is 0. The highest BCUT2D eigenvalue weighted by atomic mass is 35.5. The summed E-state index contributed by atoms with van der Waals surface area (Å²) in [6, 6.07) is 13.1. The number of nitrogens with zero attached hydrogens (tertiary/aromatic N) is 1. The predicted octanol–water partition coefficient (Wildman–Crippen LogP) is 4.33. The van der Waals surface area contributed by atoms with Gasteiger partial charge in [-0.05, 0) is 68.3 Å². The van der Waals surface area contributed by atoms with Crippen molar-refractivity contribution in [2.45, 2.75) is 32.9 Å². The van der Waals surface area contributed by atoms with Crippen LogP contribution in [-0.4, -0.2) is 35.5 Å². The Morgan fingerprint density at radius 2 is 2.04 bits per heavy atom. The number of aliphatic hydroxyl groups is 1. The van der Waals surface area contributed by atoms with Crippen LogP contribution in [0.1, 0.15) is 41.3 Å². The van der Waals surface area contributed by atoms with Gasteiger partial charge in [-0.15, -0.1) is 0 Å². The zero-order valence-electron chi connectivity index (χ0n) is 15.7. The van der Waals surface area contributed by atoms with E-state index in [1.54, 1.807) is 12.1 Å². The molecule has 2 aromatic rings. The third-order valence-corrected chi connectivity index (χ3v) is 5.26. The molecule has 3 rings (SSSR count). The molecule has 1 unspecified atom stereocenters. The summed E-state index contributed by atoms with van der Waals surface area (Å²) < 4.78 is 5.55. The molecule has 0 amide bonds. The second-order valence-corrected chi connectivity index (χ2v) is 7.42. The third kappa shape index (κ3) is 5.10. The number of hydrogen-bond donors (Lipinski definition) is 1. The number of rotatable bonds is 7. The number of aliphatic hydroxyl groups excluding tert-OH is 1. The first-order chi connectivity index (χ1) is 13.1. The Kier molecular flexibility index (Phi) is 6.89. The molecule has 1 aliphatic heterocycles. The lowest BCUT2D eigenvalue weighted by Crippen LogP contribution is -2.38. The number of halogens is 1. The quantitative estimate of drug-likeness (QED) is 0.718. The van der Waals surface area contributed by atoms with Gasteiger partial charge in [0.05, 0.1) is 13.2 Å². The van der Waals surface area contributed by atoms with Crippen LogP contribution < -0.4 is 4.74 Å². The van der Waals surface area contributed by atoms with E-state index in [1.807, 2.05) is 37.3 Å². The van der Waals surface area contributed by atoms with E-state index in [4.69, 9.17) is 16.3 Å². The molecule has 1 aliphatic rings. The van der Waals surface area contributed by atoms with Crippen molar-refractivity contribution in [2.24, 2.45) is 5.92 Å². The number of benzene rings is 2. The molecule has 2 aromatic carbocycles. The largest absolute Gasteiger partial charge is 0.494 e. The molecule has 0 bridgehead atoms. The van der Waals surface area contributed by atoms with Gasteiger partial charge in [0, 0.05) is 35.2 Å². The van der Waals surface area contributed by atoms with Crippen molar-refractivity contribution in [1.29, 1.82) is 0 Å². The first-order valence-corrected chi connectivity index (χ1v) is 9.86. The van der Waals surface area contributed by atoms with Crippen molar-refractivity contribution in [3.05, 3.63) is 64.2 Å². The van der Waals surface area contributed by atoms with Gasteiger partial charge in [-0.1, -0.05) is 17.7 Å². The number of ketones is 1. The van der Waals surface area contributed by atoms with E-state index in [2.05, 4.69) is 4.90 Å². The fourth-order valence-electron chi connectivity index (χ4n) is 3.67. The van der Waals surface area contributed by atoms with Gasteiger partial charge in [-0.3, -0.25) is 9.69 Å². The highest BCUT2D eigenvalue weighted by Gasteiger charge is 2.26. The maximum absolute atomic E-state index is 12.8. The topological polar surface area (TPSA) is 49.8 Å². The van der Waals surface area contributed by atoms with E-state index < -0.39 is 0 Å². The zero-order chi connectivity index (χ0) is 19.2. The molecule has 1 fully saturated rings. The zero-order valence-corrected chi connectivity index (χ0v) is 16.4. The van der Waals surface area contributed by atoms with Crippen LogP contribution in [0, 0.1) is 5.92 Å².